The Morgan fingerprint density at radius 2 is 2.12 bits per heavy atom. The topological polar surface area (TPSA) is 92.3 Å². The van der Waals surface area contributed by atoms with Crippen molar-refractivity contribution in [3.63, 3.8) is 0 Å². The first-order valence-corrected chi connectivity index (χ1v) is 10.1. The molecule has 1 N–H and O–H groups in total. The normalized spacial score (nSPS) is 22.0. The summed E-state index contributed by atoms with van der Waals surface area (Å²) in [6.45, 7) is 6.87. The number of aryl methyl sites for hydroxylation is 1. The van der Waals surface area contributed by atoms with Crippen molar-refractivity contribution in [2.24, 2.45) is 11.8 Å². The first-order chi connectivity index (χ1) is 11.2. The van der Waals surface area contributed by atoms with Gasteiger partial charge in [0.2, 0.25) is 10.0 Å². The van der Waals surface area contributed by atoms with Gasteiger partial charge in [-0.1, -0.05) is 27.2 Å². The van der Waals surface area contributed by atoms with Crippen LogP contribution in [0.15, 0.2) is 12.5 Å². The molecule has 2 heterocycles. The van der Waals surface area contributed by atoms with Gasteiger partial charge in [-0.15, -0.1) is 0 Å². The van der Waals surface area contributed by atoms with E-state index in [1.807, 2.05) is 20.8 Å². The van der Waals surface area contributed by atoms with E-state index < -0.39 is 10.0 Å². The number of rotatable bonds is 6. The van der Waals surface area contributed by atoms with Crippen LogP contribution in [-0.2, 0) is 16.4 Å². The molecular weight excluding hydrogens is 328 g/mol. The Labute approximate surface area is 143 Å². The Morgan fingerprint density at radius 3 is 2.71 bits per heavy atom. The summed E-state index contributed by atoms with van der Waals surface area (Å²) in [6.07, 6.45) is 5.77. The van der Waals surface area contributed by atoms with Gasteiger partial charge in [-0.25, -0.2) is 18.4 Å². The van der Waals surface area contributed by atoms with Crippen LogP contribution in [0.5, 0.6) is 0 Å². The van der Waals surface area contributed by atoms with E-state index in [-0.39, 0.29) is 23.8 Å². The minimum absolute atomic E-state index is 0.0860. The van der Waals surface area contributed by atoms with Gasteiger partial charge in [0.25, 0.3) is 5.91 Å². The highest BCUT2D eigenvalue weighted by atomic mass is 32.2. The molecular formula is C16H26N4O3S. The zero-order valence-electron chi connectivity index (χ0n) is 14.7. The second-order valence-corrected chi connectivity index (χ2v) is 8.68. The maximum Gasteiger partial charge on any atom is 0.254 e. The second-order valence-electron chi connectivity index (χ2n) is 6.70. The molecule has 2 rings (SSSR count). The summed E-state index contributed by atoms with van der Waals surface area (Å²) in [5.41, 5.74) is 1.20. The fourth-order valence-electron chi connectivity index (χ4n) is 3.12. The van der Waals surface area contributed by atoms with Crippen LogP contribution in [0, 0.1) is 11.8 Å². The fourth-order valence-corrected chi connectivity index (χ4v) is 3.99. The summed E-state index contributed by atoms with van der Waals surface area (Å²) in [4.78, 5) is 20.8. The maximum atomic E-state index is 12.7. The molecule has 24 heavy (non-hydrogen) atoms. The Balaban J connectivity index is 2.18. The van der Waals surface area contributed by atoms with Crippen LogP contribution in [0.25, 0.3) is 0 Å². The lowest BCUT2D eigenvalue weighted by Gasteiger charge is -2.23. The number of hydrogen-bond donors (Lipinski definition) is 1. The molecule has 8 heteroatoms. The van der Waals surface area contributed by atoms with Crippen LogP contribution in [0.1, 0.15) is 43.2 Å². The molecule has 134 valence electrons. The van der Waals surface area contributed by atoms with Crippen LogP contribution in [-0.4, -0.2) is 54.0 Å². The lowest BCUT2D eigenvalue weighted by Crippen LogP contribution is -2.42. The number of amides is 1. The largest absolute Gasteiger partial charge is 0.348 e. The third kappa shape index (κ3) is 4.30. The molecule has 1 amide bonds. The fraction of sp³-hybridized carbons (Fsp3) is 0.688. The van der Waals surface area contributed by atoms with E-state index >= 15 is 0 Å². The van der Waals surface area contributed by atoms with Gasteiger partial charge in [-0.05, 0) is 18.3 Å². The zero-order valence-corrected chi connectivity index (χ0v) is 15.5. The molecule has 0 radical (unpaired) electrons. The van der Waals surface area contributed by atoms with Crippen molar-refractivity contribution in [3.05, 3.63) is 23.8 Å². The first kappa shape index (κ1) is 18.8. The van der Waals surface area contributed by atoms with Gasteiger partial charge < -0.3 is 5.32 Å². The molecule has 1 saturated heterocycles. The van der Waals surface area contributed by atoms with Gasteiger partial charge in [-0.3, -0.25) is 4.79 Å². The Hall–Kier alpha value is -1.54. The van der Waals surface area contributed by atoms with Crippen molar-refractivity contribution < 1.29 is 13.2 Å². The molecule has 1 aliphatic heterocycles. The molecule has 0 aromatic carbocycles. The van der Waals surface area contributed by atoms with Gasteiger partial charge in [0.15, 0.2) is 0 Å². The molecule has 0 saturated carbocycles. The minimum atomic E-state index is -3.26. The molecule has 0 spiro atoms. The zero-order chi connectivity index (χ0) is 17.9. The predicted octanol–water partition coefficient (Wildman–Crippen LogP) is 1.07. The number of hydrogen-bond acceptors (Lipinski definition) is 5. The van der Waals surface area contributed by atoms with Gasteiger partial charge in [0.1, 0.15) is 6.33 Å². The minimum Gasteiger partial charge on any atom is -0.348 e. The van der Waals surface area contributed by atoms with Gasteiger partial charge in [-0.2, -0.15) is 4.31 Å². The van der Waals surface area contributed by atoms with E-state index in [4.69, 9.17) is 0 Å². The van der Waals surface area contributed by atoms with E-state index in [1.165, 1.54) is 23.1 Å². The van der Waals surface area contributed by atoms with Crippen molar-refractivity contribution in [2.45, 2.75) is 39.7 Å². The van der Waals surface area contributed by atoms with E-state index in [9.17, 15) is 13.2 Å². The van der Waals surface area contributed by atoms with Crippen LogP contribution < -0.4 is 5.32 Å². The number of aromatic nitrogens is 2. The quantitative estimate of drug-likeness (QED) is 0.825. The summed E-state index contributed by atoms with van der Waals surface area (Å²) < 4.78 is 25.1. The number of carbonyl (C=O) groups excluding carboxylic acids is 1. The molecule has 0 aliphatic carbocycles. The summed E-state index contributed by atoms with van der Waals surface area (Å²) in [7, 11) is -3.26. The standard InChI is InChI=1S/C16H26N4O3S/c1-5-6-14-12(7-17-10-18-14)16(21)19-15-9-20(24(4,22)23)8-13(15)11(2)3/h7,10-11,13,15H,5-6,8-9H2,1-4H3,(H,19,21)/t13-,15+/m1/s1. The van der Waals surface area contributed by atoms with E-state index in [0.717, 1.165) is 12.1 Å². The highest BCUT2D eigenvalue weighted by Crippen LogP contribution is 2.26. The number of nitrogens with zero attached hydrogens (tertiary/aromatic N) is 3. The smallest absolute Gasteiger partial charge is 0.254 e. The lowest BCUT2D eigenvalue weighted by atomic mass is 9.91. The summed E-state index contributed by atoms with van der Waals surface area (Å²) >= 11 is 0. The van der Waals surface area contributed by atoms with E-state index in [2.05, 4.69) is 15.3 Å². The van der Waals surface area contributed by atoms with Crippen LogP contribution in [0.2, 0.25) is 0 Å². The van der Waals surface area contributed by atoms with Crippen molar-refractivity contribution >= 4 is 15.9 Å². The molecule has 7 nitrogen and oxygen atoms in total. The van der Waals surface area contributed by atoms with Gasteiger partial charge in [0.05, 0.1) is 17.5 Å². The van der Waals surface area contributed by atoms with Crippen LogP contribution in [0.3, 0.4) is 0 Å². The number of carbonyl (C=O) groups is 1. The Morgan fingerprint density at radius 1 is 1.42 bits per heavy atom. The monoisotopic (exact) mass is 354 g/mol. The van der Waals surface area contributed by atoms with Crippen LogP contribution in [0.4, 0.5) is 0 Å². The molecule has 1 aromatic rings. The Kier molecular flexibility index (Phi) is 5.92. The molecule has 1 fully saturated rings. The van der Waals surface area contributed by atoms with Gasteiger partial charge in [0, 0.05) is 25.3 Å². The third-order valence-corrected chi connectivity index (χ3v) is 5.74. The molecule has 2 atom stereocenters. The van der Waals surface area contributed by atoms with Gasteiger partial charge >= 0.3 is 0 Å². The van der Waals surface area contributed by atoms with Crippen molar-refractivity contribution in [1.29, 1.82) is 0 Å². The third-order valence-electron chi connectivity index (χ3n) is 4.50. The average Bonchev–Trinajstić information content (AvgIpc) is 2.92. The molecule has 0 unspecified atom stereocenters. The molecule has 1 aliphatic rings. The first-order valence-electron chi connectivity index (χ1n) is 8.28. The second kappa shape index (κ2) is 7.57. The SMILES string of the molecule is CCCc1ncncc1C(=O)N[C@H]1CN(S(C)(=O)=O)C[C@@H]1C(C)C. The summed E-state index contributed by atoms with van der Waals surface area (Å²) in [5, 5.41) is 3.00. The summed E-state index contributed by atoms with van der Waals surface area (Å²) in [6, 6.07) is -0.207. The highest BCUT2D eigenvalue weighted by molar-refractivity contribution is 7.88. The van der Waals surface area contributed by atoms with Crippen molar-refractivity contribution in [1.82, 2.24) is 19.6 Å². The molecule has 0 bridgehead atoms. The van der Waals surface area contributed by atoms with E-state index in [1.54, 1.807) is 0 Å². The van der Waals surface area contributed by atoms with E-state index in [0.29, 0.717) is 25.1 Å². The maximum absolute atomic E-state index is 12.7. The highest BCUT2D eigenvalue weighted by Gasteiger charge is 2.39. The average molecular weight is 354 g/mol. The predicted molar refractivity (Wildman–Crippen MR) is 92.0 cm³/mol. The Bertz CT molecular complexity index is 690. The number of nitrogens with one attached hydrogen (secondary N) is 1. The summed E-state index contributed by atoms with van der Waals surface area (Å²) in [5.74, 6) is 0.122. The lowest BCUT2D eigenvalue weighted by molar-refractivity contribution is 0.0923. The number of sulfonamides is 1. The van der Waals surface area contributed by atoms with Crippen molar-refractivity contribution in [3.8, 4) is 0 Å². The molecule has 1 aromatic heterocycles. The van der Waals surface area contributed by atoms with Crippen molar-refractivity contribution in [2.75, 3.05) is 19.3 Å². The van der Waals surface area contributed by atoms with Crippen LogP contribution >= 0.6 is 0 Å².